The van der Waals surface area contributed by atoms with Crippen molar-refractivity contribution in [3.8, 4) is 28.1 Å². The summed E-state index contributed by atoms with van der Waals surface area (Å²) < 4.78 is 20.5. The summed E-state index contributed by atoms with van der Waals surface area (Å²) in [5, 5.41) is 11.5. The van der Waals surface area contributed by atoms with Gasteiger partial charge in [0.25, 0.3) is 0 Å². The minimum Gasteiger partial charge on any atom is -0.356 e. The third-order valence-corrected chi connectivity index (χ3v) is 4.76. The lowest BCUT2D eigenvalue weighted by atomic mass is 10.0. The molecule has 0 amide bonds. The average Bonchev–Trinajstić information content (AvgIpc) is 3.45. The first-order valence-electron chi connectivity index (χ1n) is 9.58. The molecule has 31 heavy (non-hydrogen) atoms. The average molecular weight is 412 g/mol. The van der Waals surface area contributed by atoms with Crippen LogP contribution in [0.4, 0.5) is 15.9 Å². The maximum absolute atomic E-state index is 13.3. The number of halogens is 1. The smallest absolute Gasteiger partial charge is 0.174 e. The van der Waals surface area contributed by atoms with Crippen molar-refractivity contribution in [1.82, 2.24) is 24.9 Å². The molecule has 3 aromatic heterocycles. The van der Waals surface area contributed by atoms with E-state index in [4.69, 9.17) is 4.52 Å². The fraction of sp³-hybridized carbons (Fsp3) is 0.0435. The first kappa shape index (κ1) is 18.7. The second-order valence-electron chi connectivity index (χ2n) is 6.91. The second kappa shape index (κ2) is 7.83. The van der Waals surface area contributed by atoms with Gasteiger partial charge in [0, 0.05) is 23.0 Å². The molecule has 0 spiro atoms. The Kier molecular flexibility index (Phi) is 4.72. The highest BCUT2D eigenvalue weighted by Crippen LogP contribution is 2.33. The Balaban J connectivity index is 1.39. The van der Waals surface area contributed by atoms with Crippen LogP contribution in [0.25, 0.3) is 28.1 Å². The maximum Gasteiger partial charge on any atom is 0.174 e. The monoisotopic (exact) mass is 412 g/mol. The highest BCUT2D eigenvalue weighted by molar-refractivity contribution is 5.80. The lowest BCUT2D eigenvalue weighted by Crippen LogP contribution is -1.97. The minimum atomic E-state index is -0.290. The number of rotatable bonds is 5. The number of nitrogens with one attached hydrogen (secondary N) is 1. The number of aryl methyl sites for hydroxylation is 1. The van der Waals surface area contributed by atoms with Crippen molar-refractivity contribution in [1.29, 1.82) is 0 Å². The fourth-order valence-corrected chi connectivity index (χ4v) is 3.24. The van der Waals surface area contributed by atoms with Crippen LogP contribution in [-0.4, -0.2) is 24.9 Å². The summed E-state index contributed by atoms with van der Waals surface area (Å²) in [7, 11) is 0. The molecular weight excluding hydrogens is 395 g/mol. The van der Waals surface area contributed by atoms with E-state index < -0.39 is 0 Å². The van der Waals surface area contributed by atoms with Gasteiger partial charge in [-0.25, -0.2) is 19.0 Å². The van der Waals surface area contributed by atoms with E-state index in [9.17, 15) is 4.39 Å². The summed E-state index contributed by atoms with van der Waals surface area (Å²) in [4.78, 5) is 8.54. The molecule has 0 aliphatic carbocycles. The molecule has 152 valence electrons. The van der Waals surface area contributed by atoms with Crippen LogP contribution in [0.2, 0.25) is 0 Å². The van der Waals surface area contributed by atoms with E-state index in [1.807, 2.05) is 43.3 Å². The van der Waals surface area contributed by atoms with Crippen LogP contribution >= 0.6 is 0 Å². The van der Waals surface area contributed by atoms with E-state index in [-0.39, 0.29) is 5.82 Å². The Morgan fingerprint density at radius 3 is 2.48 bits per heavy atom. The molecule has 0 aliphatic rings. The van der Waals surface area contributed by atoms with Crippen LogP contribution in [0.3, 0.4) is 0 Å². The number of benzene rings is 2. The summed E-state index contributed by atoms with van der Waals surface area (Å²) >= 11 is 0. The van der Waals surface area contributed by atoms with Crippen LogP contribution in [0, 0.1) is 12.7 Å². The zero-order valence-electron chi connectivity index (χ0n) is 16.5. The van der Waals surface area contributed by atoms with Crippen LogP contribution in [0.1, 0.15) is 5.82 Å². The molecule has 0 saturated carbocycles. The molecule has 0 saturated heterocycles. The fourth-order valence-electron chi connectivity index (χ4n) is 3.24. The molecule has 0 aliphatic heterocycles. The van der Waals surface area contributed by atoms with Crippen LogP contribution < -0.4 is 5.32 Å². The number of hydrogen-bond donors (Lipinski definition) is 1. The van der Waals surface area contributed by atoms with Gasteiger partial charge in [-0.2, -0.15) is 5.10 Å². The van der Waals surface area contributed by atoms with Crippen molar-refractivity contribution in [3.63, 3.8) is 0 Å². The number of nitrogens with zero attached hydrogens (tertiary/aromatic N) is 5. The van der Waals surface area contributed by atoms with Crippen LogP contribution in [0.15, 0.2) is 83.9 Å². The maximum atomic E-state index is 13.3. The SMILES string of the molecule is Cc1ncn(-c2ccc(Nc3cc(-c4oncc4-c4ccc(F)cc4)ccn3)cc2)n1. The zero-order valence-corrected chi connectivity index (χ0v) is 16.5. The van der Waals surface area contributed by atoms with E-state index in [0.29, 0.717) is 11.6 Å². The number of hydrogen-bond acceptors (Lipinski definition) is 6. The zero-order chi connectivity index (χ0) is 21.2. The minimum absolute atomic E-state index is 0.290. The summed E-state index contributed by atoms with van der Waals surface area (Å²) in [6.45, 7) is 1.85. The van der Waals surface area contributed by atoms with E-state index >= 15 is 0 Å². The lowest BCUT2D eigenvalue weighted by Gasteiger charge is -2.08. The van der Waals surface area contributed by atoms with Crippen molar-refractivity contribution >= 4 is 11.5 Å². The normalized spacial score (nSPS) is 10.9. The highest BCUT2D eigenvalue weighted by Gasteiger charge is 2.14. The number of pyridine rings is 1. The van der Waals surface area contributed by atoms with Crippen molar-refractivity contribution in [3.05, 3.63) is 91.0 Å². The second-order valence-corrected chi connectivity index (χ2v) is 6.91. The van der Waals surface area contributed by atoms with Gasteiger partial charge in [-0.15, -0.1) is 0 Å². The van der Waals surface area contributed by atoms with Gasteiger partial charge in [-0.1, -0.05) is 17.3 Å². The van der Waals surface area contributed by atoms with E-state index in [0.717, 1.165) is 33.9 Å². The van der Waals surface area contributed by atoms with Gasteiger partial charge in [0.2, 0.25) is 0 Å². The molecule has 0 atom stereocenters. The van der Waals surface area contributed by atoms with Gasteiger partial charge < -0.3 is 9.84 Å². The molecule has 1 N–H and O–H groups in total. The van der Waals surface area contributed by atoms with Crippen molar-refractivity contribution < 1.29 is 8.91 Å². The van der Waals surface area contributed by atoms with Gasteiger partial charge >= 0.3 is 0 Å². The van der Waals surface area contributed by atoms with E-state index in [1.54, 1.807) is 35.5 Å². The number of anilines is 2. The molecule has 3 heterocycles. The van der Waals surface area contributed by atoms with Gasteiger partial charge in [0.15, 0.2) is 5.76 Å². The standard InChI is InChI=1S/C23H17FN6O/c1-15-26-14-30(29-15)20-8-6-19(7-9-20)28-22-12-17(10-11-25-22)23-21(13-27-31-23)16-2-4-18(24)5-3-16/h2-14H,1H3,(H,25,28). The van der Waals surface area contributed by atoms with Gasteiger partial charge in [0.1, 0.15) is 23.8 Å². The first-order valence-corrected chi connectivity index (χ1v) is 9.58. The molecule has 8 heteroatoms. The first-order chi connectivity index (χ1) is 15.2. The summed E-state index contributed by atoms with van der Waals surface area (Å²) in [5.74, 6) is 1.68. The molecule has 0 bridgehead atoms. The molecule has 2 aromatic carbocycles. The van der Waals surface area contributed by atoms with E-state index in [2.05, 4.69) is 25.5 Å². The third-order valence-electron chi connectivity index (χ3n) is 4.76. The van der Waals surface area contributed by atoms with Crippen LogP contribution in [-0.2, 0) is 0 Å². The van der Waals surface area contributed by atoms with Crippen LogP contribution in [0.5, 0.6) is 0 Å². The molecule has 7 nitrogen and oxygen atoms in total. The van der Waals surface area contributed by atoms with Gasteiger partial charge in [-0.3, -0.25) is 0 Å². The lowest BCUT2D eigenvalue weighted by molar-refractivity contribution is 0.432. The Hall–Kier alpha value is -4.33. The molecule has 5 aromatic rings. The van der Waals surface area contributed by atoms with E-state index in [1.165, 1.54) is 12.1 Å². The predicted octanol–water partition coefficient (Wildman–Crippen LogP) is 5.18. The van der Waals surface area contributed by atoms with Gasteiger partial charge in [-0.05, 0) is 61.0 Å². The predicted molar refractivity (Wildman–Crippen MR) is 115 cm³/mol. The Morgan fingerprint density at radius 2 is 1.74 bits per heavy atom. The number of aromatic nitrogens is 5. The summed E-state index contributed by atoms with van der Waals surface area (Å²) in [6.07, 6.45) is 5.00. The quantitative estimate of drug-likeness (QED) is 0.429. The Labute approximate surface area is 177 Å². The highest BCUT2D eigenvalue weighted by atomic mass is 19.1. The van der Waals surface area contributed by atoms with Crippen molar-refractivity contribution in [2.75, 3.05) is 5.32 Å². The molecule has 0 unspecified atom stereocenters. The third kappa shape index (κ3) is 3.91. The Morgan fingerprint density at radius 1 is 0.935 bits per heavy atom. The van der Waals surface area contributed by atoms with Crippen molar-refractivity contribution in [2.45, 2.75) is 6.92 Å². The summed E-state index contributed by atoms with van der Waals surface area (Å²) in [5.41, 5.74) is 4.21. The molecule has 0 fully saturated rings. The topological polar surface area (TPSA) is 81.7 Å². The molecular formula is C23H17FN6O. The summed E-state index contributed by atoms with van der Waals surface area (Å²) in [6, 6.07) is 17.7. The largest absolute Gasteiger partial charge is 0.356 e. The van der Waals surface area contributed by atoms with Crippen molar-refractivity contribution in [2.24, 2.45) is 0 Å². The van der Waals surface area contributed by atoms with Gasteiger partial charge in [0.05, 0.1) is 11.9 Å². The Bertz CT molecular complexity index is 1320. The molecule has 0 radical (unpaired) electrons. The molecule has 5 rings (SSSR count).